The van der Waals surface area contributed by atoms with Crippen molar-refractivity contribution >= 4 is 17.7 Å². The van der Waals surface area contributed by atoms with Gasteiger partial charge in [-0.3, -0.25) is 14.4 Å². The number of rotatable bonds is 7. The molecule has 0 radical (unpaired) electrons. The van der Waals surface area contributed by atoms with Gasteiger partial charge in [0.15, 0.2) is 0 Å². The summed E-state index contributed by atoms with van der Waals surface area (Å²) in [7, 11) is 3.30. The largest absolute Gasteiger partial charge is 0.360 e. The Balaban J connectivity index is 3.02. The Bertz CT molecular complexity index is 551. The van der Waals surface area contributed by atoms with E-state index in [0.717, 1.165) is 6.42 Å². The van der Waals surface area contributed by atoms with Crippen LogP contribution in [0.15, 0.2) is 0 Å². The maximum absolute atomic E-state index is 12.8. The Morgan fingerprint density at radius 3 is 2.33 bits per heavy atom. The average Bonchev–Trinajstić information content (AvgIpc) is 2.59. The number of nitrogens with zero attached hydrogens (tertiary/aromatic N) is 1. The molecule has 7 heteroatoms. The molecule has 0 aromatic carbocycles. The molecule has 0 saturated carbocycles. The van der Waals surface area contributed by atoms with Crippen LogP contribution in [0.4, 0.5) is 0 Å². The lowest BCUT2D eigenvalue weighted by Gasteiger charge is -2.48. The summed E-state index contributed by atoms with van der Waals surface area (Å²) >= 11 is 0. The van der Waals surface area contributed by atoms with E-state index in [9.17, 15) is 14.4 Å². The first-order valence-electron chi connectivity index (χ1n) is 9.86. The number of carbonyl (C=O) groups excluding carboxylic acids is 3. The minimum absolute atomic E-state index is 0.0557. The molecule has 0 aromatic heterocycles. The van der Waals surface area contributed by atoms with Gasteiger partial charge in [0.2, 0.25) is 11.8 Å². The Morgan fingerprint density at radius 2 is 1.85 bits per heavy atom. The molecule has 156 valence electrons. The number of hydrogen-bond donors (Lipinski definition) is 2. The van der Waals surface area contributed by atoms with Crippen LogP contribution in [-0.2, 0) is 19.1 Å². The SMILES string of the molecule is CC[C@@H](C)[C@@H](C)C1OC(C)(C(=O)NCC(=O)N(C)C)CC(C)C1NC(C)=O. The molecule has 1 aliphatic rings. The van der Waals surface area contributed by atoms with Gasteiger partial charge in [-0.25, -0.2) is 0 Å². The molecule has 6 atom stereocenters. The van der Waals surface area contributed by atoms with E-state index < -0.39 is 5.60 Å². The number of ether oxygens (including phenoxy) is 1. The summed E-state index contributed by atoms with van der Waals surface area (Å²) in [6.07, 6.45) is 1.19. The molecule has 0 aromatic rings. The maximum Gasteiger partial charge on any atom is 0.252 e. The van der Waals surface area contributed by atoms with Gasteiger partial charge in [-0.15, -0.1) is 0 Å². The minimum Gasteiger partial charge on any atom is -0.360 e. The molecule has 27 heavy (non-hydrogen) atoms. The van der Waals surface area contributed by atoms with E-state index in [1.807, 2.05) is 6.92 Å². The average molecular weight is 384 g/mol. The lowest BCUT2D eigenvalue weighted by Crippen LogP contribution is -2.63. The molecule has 0 aliphatic carbocycles. The first-order chi connectivity index (χ1) is 12.4. The standard InChI is InChI=1S/C20H37N3O4/c1-9-12(2)14(4)18-17(22-15(5)24)13(3)10-20(6,27-18)19(26)21-11-16(25)23(7)8/h12-14,17-18H,9-11H2,1-8H3,(H,21,26)(H,22,24)/t12-,13?,14-,17?,18?,20?/m1/s1. The minimum atomic E-state index is -1.03. The van der Waals surface area contributed by atoms with Crippen molar-refractivity contribution in [2.45, 2.75) is 72.1 Å². The monoisotopic (exact) mass is 383 g/mol. The third-order valence-corrected chi connectivity index (χ3v) is 5.88. The number of amides is 3. The fourth-order valence-electron chi connectivity index (χ4n) is 3.72. The first-order valence-corrected chi connectivity index (χ1v) is 9.86. The normalized spacial score (nSPS) is 30.1. The summed E-state index contributed by atoms with van der Waals surface area (Å²) in [6.45, 7) is 11.7. The van der Waals surface area contributed by atoms with Crippen LogP contribution in [0.25, 0.3) is 0 Å². The summed E-state index contributed by atoms with van der Waals surface area (Å²) in [6, 6.07) is -0.143. The molecule has 0 spiro atoms. The van der Waals surface area contributed by atoms with Gasteiger partial charge in [0.1, 0.15) is 5.60 Å². The lowest BCUT2D eigenvalue weighted by molar-refractivity contribution is -0.186. The van der Waals surface area contributed by atoms with E-state index in [1.54, 1.807) is 21.0 Å². The van der Waals surface area contributed by atoms with Crippen molar-refractivity contribution < 1.29 is 19.1 Å². The zero-order chi connectivity index (χ0) is 20.9. The highest BCUT2D eigenvalue weighted by Crippen LogP contribution is 2.38. The molecule has 1 rings (SSSR count). The van der Waals surface area contributed by atoms with Crippen LogP contribution in [0.5, 0.6) is 0 Å². The van der Waals surface area contributed by atoms with E-state index in [4.69, 9.17) is 4.74 Å². The topological polar surface area (TPSA) is 87.7 Å². The highest BCUT2D eigenvalue weighted by molar-refractivity contribution is 5.89. The summed E-state index contributed by atoms with van der Waals surface area (Å²) in [5.41, 5.74) is -1.03. The van der Waals surface area contributed by atoms with Crippen LogP contribution in [-0.4, -0.2) is 61.0 Å². The van der Waals surface area contributed by atoms with Crippen molar-refractivity contribution in [3.05, 3.63) is 0 Å². The molecule has 3 amide bonds. The Labute approximate surface area is 163 Å². The van der Waals surface area contributed by atoms with Crippen molar-refractivity contribution in [2.75, 3.05) is 20.6 Å². The van der Waals surface area contributed by atoms with Crippen LogP contribution >= 0.6 is 0 Å². The van der Waals surface area contributed by atoms with Gasteiger partial charge in [-0.1, -0.05) is 34.1 Å². The Morgan fingerprint density at radius 1 is 1.26 bits per heavy atom. The van der Waals surface area contributed by atoms with Crippen molar-refractivity contribution in [1.82, 2.24) is 15.5 Å². The second-order valence-corrected chi connectivity index (χ2v) is 8.44. The second-order valence-electron chi connectivity index (χ2n) is 8.44. The molecular weight excluding hydrogens is 346 g/mol. The molecule has 7 nitrogen and oxygen atoms in total. The van der Waals surface area contributed by atoms with E-state index in [0.29, 0.717) is 12.3 Å². The molecule has 0 bridgehead atoms. The zero-order valence-electron chi connectivity index (χ0n) is 18.1. The Kier molecular flexibility index (Phi) is 8.26. The predicted molar refractivity (Wildman–Crippen MR) is 105 cm³/mol. The molecule has 4 unspecified atom stereocenters. The fourth-order valence-corrected chi connectivity index (χ4v) is 3.72. The smallest absolute Gasteiger partial charge is 0.252 e. The summed E-state index contributed by atoms with van der Waals surface area (Å²) in [5, 5.41) is 5.74. The van der Waals surface area contributed by atoms with E-state index >= 15 is 0 Å². The van der Waals surface area contributed by atoms with E-state index in [-0.39, 0.29) is 48.2 Å². The first kappa shape index (κ1) is 23.4. The van der Waals surface area contributed by atoms with Gasteiger partial charge in [-0.05, 0) is 31.1 Å². The highest BCUT2D eigenvalue weighted by atomic mass is 16.5. The second kappa shape index (κ2) is 9.53. The predicted octanol–water partition coefficient (Wildman–Crippen LogP) is 1.56. The third-order valence-electron chi connectivity index (χ3n) is 5.88. The summed E-state index contributed by atoms with van der Waals surface area (Å²) < 4.78 is 6.35. The van der Waals surface area contributed by atoms with Gasteiger partial charge in [-0.2, -0.15) is 0 Å². The Hall–Kier alpha value is -1.63. The zero-order valence-corrected chi connectivity index (χ0v) is 18.1. The van der Waals surface area contributed by atoms with E-state index in [1.165, 1.54) is 11.8 Å². The third kappa shape index (κ3) is 5.92. The van der Waals surface area contributed by atoms with Gasteiger partial charge in [0, 0.05) is 21.0 Å². The van der Waals surface area contributed by atoms with Gasteiger partial charge in [0.05, 0.1) is 18.7 Å². The number of carbonyl (C=O) groups is 3. The molecule has 1 fully saturated rings. The van der Waals surface area contributed by atoms with Crippen LogP contribution in [0.1, 0.15) is 54.4 Å². The van der Waals surface area contributed by atoms with Crippen LogP contribution in [0.3, 0.4) is 0 Å². The van der Waals surface area contributed by atoms with E-state index in [2.05, 4.69) is 31.4 Å². The van der Waals surface area contributed by atoms with Crippen molar-refractivity contribution in [3.8, 4) is 0 Å². The number of nitrogens with one attached hydrogen (secondary N) is 2. The van der Waals surface area contributed by atoms with Crippen molar-refractivity contribution in [1.29, 1.82) is 0 Å². The van der Waals surface area contributed by atoms with Gasteiger partial charge >= 0.3 is 0 Å². The quantitative estimate of drug-likeness (QED) is 0.698. The lowest BCUT2D eigenvalue weighted by atomic mass is 9.75. The summed E-state index contributed by atoms with van der Waals surface area (Å²) in [5.74, 6) is 0.0776. The maximum atomic E-state index is 12.8. The molecule has 1 aliphatic heterocycles. The van der Waals surface area contributed by atoms with Gasteiger partial charge < -0.3 is 20.3 Å². The number of hydrogen-bond acceptors (Lipinski definition) is 4. The summed E-state index contributed by atoms with van der Waals surface area (Å²) in [4.78, 5) is 37.8. The van der Waals surface area contributed by atoms with Crippen molar-refractivity contribution in [3.63, 3.8) is 0 Å². The molecule has 2 N–H and O–H groups in total. The van der Waals surface area contributed by atoms with Crippen LogP contribution in [0.2, 0.25) is 0 Å². The molecular formula is C20H37N3O4. The van der Waals surface area contributed by atoms with Gasteiger partial charge in [0.25, 0.3) is 5.91 Å². The van der Waals surface area contributed by atoms with Crippen LogP contribution in [0, 0.1) is 17.8 Å². The highest BCUT2D eigenvalue weighted by Gasteiger charge is 2.49. The number of likely N-dealkylation sites (N-methyl/N-ethyl adjacent to an activating group) is 1. The van der Waals surface area contributed by atoms with Crippen molar-refractivity contribution in [2.24, 2.45) is 17.8 Å². The molecule has 1 heterocycles. The fraction of sp³-hybridized carbons (Fsp3) is 0.850. The van der Waals surface area contributed by atoms with Crippen LogP contribution < -0.4 is 10.6 Å². The molecule has 1 saturated heterocycles.